The van der Waals surface area contributed by atoms with Crippen molar-refractivity contribution in [1.82, 2.24) is 29.5 Å². The number of hydrogen-bond acceptors (Lipinski definition) is 6. The molecule has 1 N–H and O–H groups in total. The van der Waals surface area contributed by atoms with Crippen LogP contribution >= 0.6 is 0 Å². The second kappa shape index (κ2) is 11.0. The van der Waals surface area contributed by atoms with Gasteiger partial charge >= 0.3 is 0 Å². The fourth-order valence-electron chi connectivity index (χ4n) is 5.66. The number of amides is 1. The maximum atomic E-state index is 13.0. The van der Waals surface area contributed by atoms with E-state index >= 15 is 0 Å². The molecule has 2 saturated heterocycles. The van der Waals surface area contributed by atoms with Gasteiger partial charge in [0.15, 0.2) is 0 Å². The summed E-state index contributed by atoms with van der Waals surface area (Å²) in [5, 5.41) is 8.40. The molecular weight excluding hydrogens is 474 g/mol. The van der Waals surface area contributed by atoms with Gasteiger partial charge in [-0.05, 0) is 81.2 Å². The summed E-state index contributed by atoms with van der Waals surface area (Å²) < 4.78 is 1.98. The lowest BCUT2D eigenvalue weighted by atomic mass is 10.0. The Morgan fingerprint density at radius 1 is 0.895 bits per heavy atom. The first-order valence-electron chi connectivity index (χ1n) is 13.8. The van der Waals surface area contributed by atoms with Crippen LogP contribution in [-0.4, -0.2) is 61.6 Å². The van der Waals surface area contributed by atoms with Crippen LogP contribution in [0.4, 0.5) is 5.95 Å². The van der Waals surface area contributed by atoms with E-state index in [2.05, 4.69) is 43.4 Å². The number of likely N-dealkylation sites (tertiary alicyclic amines) is 2. The van der Waals surface area contributed by atoms with Crippen molar-refractivity contribution in [2.75, 3.05) is 31.5 Å². The maximum Gasteiger partial charge on any atom is 0.258 e. The highest BCUT2D eigenvalue weighted by atomic mass is 16.1. The fraction of sp³-hybridized carbons (Fsp3) is 0.400. The van der Waals surface area contributed by atoms with Crippen LogP contribution in [0, 0.1) is 0 Å². The lowest BCUT2D eigenvalue weighted by molar-refractivity contribution is 0.102. The van der Waals surface area contributed by atoms with Gasteiger partial charge in [0, 0.05) is 42.8 Å². The molecule has 8 heteroatoms. The monoisotopic (exact) mass is 509 g/mol. The average molecular weight is 510 g/mol. The van der Waals surface area contributed by atoms with Gasteiger partial charge in [0.2, 0.25) is 5.95 Å². The Hall–Kier alpha value is -3.62. The number of rotatable bonds is 7. The van der Waals surface area contributed by atoms with Crippen molar-refractivity contribution in [3.8, 4) is 11.1 Å². The Kier molecular flexibility index (Phi) is 7.16. The SMILES string of the molecule is Cn1ncc(-c2ccc3cnc(NC(=O)c4cccc(CN5CCCC5)c4)nc3c2)c1CN1CCCCC1. The van der Waals surface area contributed by atoms with Crippen LogP contribution in [-0.2, 0) is 20.1 Å². The molecule has 0 radical (unpaired) electrons. The number of carbonyl (C=O) groups is 1. The molecule has 2 aliphatic heterocycles. The molecule has 0 unspecified atom stereocenters. The largest absolute Gasteiger partial charge is 0.299 e. The molecule has 0 spiro atoms. The first-order chi connectivity index (χ1) is 18.6. The smallest absolute Gasteiger partial charge is 0.258 e. The minimum absolute atomic E-state index is 0.195. The predicted octanol–water partition coefficient (Wildman–Crippen LogP) is 4.86. The van der Waals surface area contributed by atoms with E-state index in [9.17, 15) is 4.79 Å². The second-order valence-electron chi connectivity index (χ2n) is 10.6. The summed E-state index contributed by atoms with van der Waals surface area (Å²) in [6.45, 7) is 6.31. The van der Waals surface area contributed by atoms with E-state index in [4.69, 9.17) is 4.98 Å². The fourth-order valence-corrected chi connectivity index (χ4v) is 5.66. The summed E-state index contributed by atoms with van der Waals surface area (Å²) in [4.78, 5) is 27.1. The molecule has 38 heavy (non-hydrogen) atoms. The number of fused-ring (bicyclic) bond motifs is 1. The minimum atomic E-state index is -0.195. The molecule has 2 aromatic heterocycles. The van der Waals surface area contributed by atoms with Crippen LogP contribution in [0.1, 0.15) is 53.7 Å². The van der Waals surface area contributed by atoms with Crippen LogP contribution in [0.2, 0.25) is 0 Å². The van der Waals surface area contributed by atoms with Gasteiger partial charge in [0.05, 0.1) is 17.4 Å². The molecule has 196 valence electrons. The Morgan fingerprint density at radius 2 is 1.66 bits per heavy atom. The number of aromatic nitrogens is 4. The molecule has 4 aromatic rings. The Morgan fingerprint density at radius 3 is 2.47 bits per heavy atom. The number of benzene rings is 2. The van der Waals surface area contributed by atoms with E-state index in [1.807, 2.05) is 42.2 Å². The zero-order chi connectivity index (χ0) is 25.9. The molecule has 4 heterocycles. The molecule has 2 aromatic carbocycles. The molecule has 0 bridgehead atoms. The molecular formula is C30H35N7O. The molecule has 0 saturated carbocycles. The average Bonchev–Trinajstić information content (AvgIpc) is 3.59. The summed E-state index contributed by atoms with van der Waals surface area (Å²) in [7, 11) is 2.01. The number of nitrogens with zero attached hydrogens (tertiary/aromatic N) is 6. The van der Waals surface area contributed by atoms with E-state index in [1.165, 1.54) is 37.8 Å². The standard InChI is InChI=1S/C30H35N7O/c1-35-28(21-37-12-3-2-4-13-37)26(19-32-35)23-10-11-25-18-31-30(33-27(25)17-23)34-29(38)24-9-7-8-22(16-24)20-36-14-5-6-15-36/h7-11,16-19H,2-6,12-15,20-21H2,1H3,(H,31,33,34,38). The van der Waals surface area contributed by atoms with E-state index in [-0.39, 0.29) is 5.91 Å². The van der Waals surface area contributed by atoms with Crippen LogP contribution in [0.15, 0.2) is 54.9 Å². The zero-order valence-corrected chi connectivity index (χ0v) is 22.1. The highest BCUT2D eigenvalue weighted by molar-refractivity contribution is 6.03. The first-order valence-corrected chi connectivity index (χ1v) is 13.8. The van der Waals surface area contributed by atoms with Gasteiger partial charge in [-0.1, -0.05) is 30.7 Å². The van der Waals surface area contributed by atoms with E-state index in [0.717, 1.165) is 66.9 Å². The van der Waals surface area contributed by atoms with E-state index in [1.54, 1.807) is 6.20 Å². The summed E-state index contributed by atoms with van der Waals surface area (Å²) in [5.41, 5.74) is 5.98. The summed E-state index contributed by atoms with van der Waals surface area (Å²) in [6.07, 6.45) is 10.1. The molecule has 0 atom stereocenters. The first kappa shape index (κ1) is 24.7. The van der Waals surface area contributed by atoms with Gasteiger partial charge in [0.1, 0.15) is 0 Å². The molecule has 1 amide bonds. The molecule has 2 fully saturated rings. The van der Waals surface area contributed by atoms with Gasteiger partial charge in [-0.25, -0.2) is 9.97 Å². The lowest BCUT2D eigenvalue weighted by Crippen LogP contribution is -2.30. The van der Waals surface area contributed by atoms with Gasteiger partial charge < -0.3 is 0 Å². The number of aryl methyl sites for hydroxylation is 1. The summed E-state index contributed by atoms with van der Waals surface area (Å²) in [5.74, 6) is 0.115. The van der Waals surface area contributed by atoms with Crippen molar-refractivity contribution in [2.45, 2.75) is 45.2 Å². The zero-order valence-electron chi connectivity index (χ0n) is 22.1. The van der Waals surface area contributed by atoms with Crippen molar-refractivity contribution in [3.05, 3.63) is 71.7 Å². The number of carbonyl (C=O) groups excluding carboxylic acids is 1. The van der Waals surface area contributed by atoms with E-state index < -0.39 is 0 Å². The van der Waals surface area contributed by atoms with Crippen molar-refractivity contribution in [2.24, 2.45) is 7.05 Å². The highest BCUT2D eigenvalue weighted by Crippen LogP contribution is 2.28. The number of nitrogens with one attached hydrogen (secondary N) is 1. The van der Waals surface area contributed by atoms with Crippen molar-refractivity contribution >= 4 is 22.8 Å². The highest BCUT2D eigenvalue weighted by Gasteiger charge is 2.18. The predicted molar refractivity (Wildman–Crippen MR) is 150 cm³/mol. The van der Waals surface area contributed by atoms with Crippen molar-refractivity contribution in [3.63, 3.8) is 0 Å². The molecule has 8 nitrogen and oxygen atoms in total. The van der Waals surface area contributed by atoms with Crippen LogP contribution in [0.25, 0.3) is 22.0 Å². The number of hydrogen-bond donors (Lipinski definition) is 1. The maximum absolute atomic E-state index is 13.0. The third kappa shape index (κ3) is 5.47. The molecule has 0 aliphatic carbocycles. The van der Waals surface area contributed by atoms with E-state index in [0.29, 0.717) is 11.5 Å². The van der Waals surface area contributed by atoms with Crippen LogP contribution in [0.3, 0.4) is 0 Å². The number of piperidine rings is 1. The molecule has 2 aliphatic rings. The Bertz CT molecular complexity index is 1430. The Balaban J connectivity index is 1.21. The summed E-state index contributed by atoms with van der Waals surface area (Å²) in [6, 6.07) is 14.1. The quantitative estimate of drug-likeness (QED) is 0.383. The third-order valence-electron chi connectivity index (χ3n) is 7.80. The van der Waals surface area contributed by atoms with Crippen molar-refractivity contribution in [1.29, 1.82) is 0 Å². The van der Waals surface area contributed by atoms with Crippen LogP contribution < -0.4 is 5.32 Å². The van der Waals surface area contributed by atoms with Crippen molar-refractivity contribution < 1.29 is 4.79 Å². The lowest BCUT2D eigenvalue weighted by Gasteiger charge is -2.26. The van der Waals surface area contributed by atoms with Gasteiger partial charge in [-0.2, -0.15) is 5.10 Å². The Labute approximate surface area is 223 Å². The van der Waals surface area contributed by atoms with Gasteiger partial charge in [-0.3, -0.25) is 24.6 Å². The number of anilines is 1. The summed E-state index contributed by atoms with van der Waals surface area (Å²) >= 11 is 0. The third-order valence-corrected chi connectivity index (χ3v) is 7.80. The molecule has 6 rings (SSSR count). The topological polar surface area (TPSA) is 79.2 Å². The van der Waals surface area contributed by atoms with Crippen LogP contribution in [0.5, 0.6) is 0 Å². The van der Waals surface area contributed by atoms with Gasteiger partial charge in [0.25, 0.3) is 5.91 Å². The normalized spacial score (nSPS) is 16.8. The minimum Gasteiger partial charge on any atom is -0.299 e. The van der Waals surface area contributed by atoms with Gasteiger partial charge in [-0.15, -0.1) is 0 Å². The second-order valence-corrected chi connectivity index (χ2v) is 10.6.